The van der Waals surface area contributed by atoms with Crippen LogP contribution in [0, 0.1) is 17.0 Å². The molecule has 2 aliphatic carbocycles. The number of imidazole rings is 1. The number of hydrogen-bond acceptors (Lipinski definition) is 7. The van der Waals surface area contributed by atoms with Gasteiger partial charge in [0.05, 0.1) is 31.1 Å². The first-order valence-corrected chi connectivity index (χ1v) is 16.3. The number of hydrogen-bond donors (Lipinski definition) is 1. The molecule has 1 saturated heterocycles. The van der Waals surface area contributed by atoms with Gasteiger partial charge in [0.15, 0.2) is 12.0 Å². The number of carbonyl (C=O) groups is 1. The maximum absolute atomic E-state index is 13.9. The van der Waals surface area contributed by atoms with Crippen LogP contribution in [0.3, 0.4) is 0 Å². The summed E-state index contributed by atoms with van der Waals surface area (Å²) in [5.74, 6) is 2.27. The number of methoxy groups -OCH3 is 1. The molecule has 6 aromatic rings. The van der Waals surface area contributed by atoms with Gasteiger partial charge in [-0.3, -0.25) is 4.79 Å². The summed E-state index contributed by atoms with van der Waals surface area (Å²) >= 11 is 0. The van der Waals surface area contributed by atoms with Gasteiger partial charge in [0.25, 0.3) is 5.91 Å². The smallest absolute Gasteiger partial charge is 0.254 e. The molecule has 0 spiro atoms. The maximum atomic E-state index is 13.9. The van der Waals surface area contributed by atoms with Crippen LogP contribution in [0.1, 0.15) is 41.6 Å². The number of carbonyl (C=O) groups excluding carboxylic acids is 1. The molecule has 3 aliphatic rings. The van der Waals surface area contributed by atoms with Crippen molar-refractivity contribution < 1.29 is 14.3 Å². The van der Waals surface area contributed by atoms with Crippen molar-refractivity contribution in [1.82, 2.24) is 33.8 Å². The fraction of sp³-hybridized carbons (Fsp3) is 0.343. The van der Waals surface area contributed by atoms with E-state index >= 15 is 0 Å². The van der Waals surface area contributed by atoms with Gasteiger partial charge in [0.1, 0.15) is 22.6 Å². The highest BCUT2D eigenvalue weighted by atomic mass is 16.5. The van der Waals surface area contributed by atoms with Crippen molar-refractivity contribution >= 4 is 28.0 Å². The molecule has 3 atom stereocenters. The van der Waals surface area contributed by atoms with Gasteiger partial charge in [-0.2, -0.15) is 9.83 Å². The molecule has 5 aromatic heterocycles. The molecule has 238 valence electrons. The van der Waals surface area contributed by atoms with Gasteiger partial charge in [0.2, 0.25) is 6.20 Å². The number of piperidine rings is 1. The van der Waals surface area contributed by atoms with Crippen molar-refractivity contribution in [2.75, 3.05) is 13.7 Å². The van der Waals surface area contributed by atoms with E-state index < -0.39 is 0 Å². The van der Waals surface area contributed by atoms with Crippen LogP contribution >= 0.6 is 0 Å². The lowest BCUT2D eigenvalue weighted by molar-refractivity contribution is -0.605. The van der Waals surface area contributed by atoms with E-state index in [1.165, 1.54) is 25.2 Å². The van der Waals surface area contributed by atoms with E-state index in [0.717, 1.165) is 57.7 Å². The molecule has 9 rings (SSSR count). The van der Waals surface area contributed by atoms with Crippen LogP contribution in [0.25, 0.3) is 39.3 Å². The minimum absolute atomic E-state index is 0.0317. The molecule has 1 amide bonds. The minimum atomic E-state index is -0.0317. The van der Waals surface area contributed by atoms with Gasteiger partial charge in [0, 0.05) is 60.1 Å². The highest BCUT2D eigenvalue weighted by Gasteiger charge is 2.47. The van der Waals surface area contributed by atoms with Crippen molar-refractivity contribution in [3.63, 3.8) is 0 Å². The Kier molecular flexibility index (Phi) is 6.36. The molecule has 3 fully saturated rings. The Morgan fingerprint density at radius 3 is 2.79 bits per heavy atom. The normalized spacial score (nSPS) is 20.6. The highest BCUT2D eigenvalue weighted by Crippen LogP contribution is 2.40. The van der Waals surface area contributed by atoms with E-state index in [9.17, 15) is 10.0 Å². The van der Waals surface area contributed by atoms with Gasteiger partial charge in [-0.15, -0.1) is 0 Å². The first-order valence-electron chi connectivity index (χ1n) is 16.3. The molecular formula is C35H35N9O3. The van der Waals surface area contributed by atoms with Gasteiger partial charge in [-0.05, 0) is 73.9 Å². The zero-order valence-electron chi connectivity index (χ0n) is 26.1. The van der Waals surface area contributed by atoms with Crippen LogP contribution in [-0.2, 0) is 13.1 Å². The number of ether oxygens (including phenoxy) is 1. The quantitative estimate of drug-likeness (QED) is 0.199. The lowest BCUT2D eigenvalue weighted by Gasteiger charge is -2.27. The number of fused-ring (bicyclic) bond motifs is 4. The van der Waals surface area contributed by atoms with Crippen molar-refractivity contribution in [1.29, 1.82) is 0 Å². The van der Waals surface area contributed by atoms with Crippen LogP contribution in [0.4, 0.5) is 0 Å². The largest absolute Gasteiger partial charge is 0.619 e. The van der Waals surface area contributed by atoms with Crippen LogP contribution in [0.2, 0.25) is 0 Å². The van der Waals surface area contributed by atoms with E-state index in [1.54, 1.807) is 24.1 Å². The average molecular weight is 630 g/mol. The number of likely N-dealkylation sites (tertiary alicyclic amines) is 1. The number of nitrogens with zero attached hydrogens (tertiary/aromatic N) is 8. The minimum Gasteiger partial charge on any atom is -0.619 e. The Hall–Kier alpha value is -5.23. The SMILES string of the molecule is COc1cc(C(=O)N2CC3CCC2[C@@H]3N)cc2nc(-c3cc4cccnc4n3CC3CC3)n(Cc3cnn(-c4ccc[n+]([O-])c4)c3)c12. The third kappa shape index (κ3) is 4.65. The Morgan fingerprint density at radius 2 is 2.02 bits per heavy atom. The molecule has 2 N–H and O–H groups in total. The van der Waals surface area contributed by atoms with Gasteiger partial charge in [-0.1, -0.05) is 0 Å². The number of amides is 1. The molecule has 2 saturated carbocycles. The fourth-order valence-electron chi connectivity index (χ4n) is 7.67. The zero-order valence-corrected chi connectivity index (χ0v) is 26.1. The standard InChI is InChI=1S/C35H35N9O3/c1-47-30-14-25(35(45)42-19-24-8-9-28(42)31(24)36)12-27-32(30)43(17-22-15-38-44(18-22)26-5-3-11-40(46)20-26)34(39-27)29-13-23-4-2-10-37-33(23)41(29)16-21-6-7-21/h2-5,10-15,18,20-21,24,28,31H,6-9,16-17,19,36H2,1H3/t24?,28?,31-/m1/s1. The molecule has 47 heavy (non-hydrogen) atoms. The summed E-state index contributed by atoms with van der Waals surface area (Å²) in [7, 11) is 1.63. The molecule has 1 aliphatic heterocycles. The summed E-state index contributed by atoms with van der Waals surface area (Å²) in [4.78, 5) is 25.9. The molecular weight excluding hydrogens is 594 g/mol. The summed E-state index contributed by atoms with van der Waals surface area (Å²) in [6.45, 7) is 1.98. The summed E-state index contributed by atoms with van der Waals surface area (Å²) < 4.78 is 12.9. The number of rotatable bonds is 8. The van der Waals surface area contributed by atoms with E-state index in [2.05, 4.69) is 26.4 Å². The Morgan fingerprint density at radius 1 is 1.13 bits per heavy atom. The van der Waals surface area contributed by atoms with Crippen LogP contribution in [0.15, 0.2) is 73.4 Å². The summed E-state index contributed by atoms with van der Waals surface area (Å²) in [6.07, 6.45) is 12.9. The second-order valence-corrected chi connectivity index (χ2v) is 13.2. The van der Waals surface area contributed by atoms with Crippen molar-refractivity contribution in [3.05, 3.63) is 89.8 Å². The van der Waals surface area contributed by atoms with Crippen LogP contribution in [-0.4, -0.2) is 65.4 Å². The van der Waals surface area contributed by atoms with E-state index in [1.807, 2.05) is 41.6 Å². The van der Waals surface area contributed by atoms with Crippen molar-refractivity contribution in [2.45, 2.75) is 50.9 Å². The van der Waals surface area contributed by atoms with E-state index in [4.69, 9.17) is 20.4 Å². The predicted octanol–water partition coefficient (Wildman–Crippen LogP) is 3.90. The zero-order chi connectivity index (χ0) is 31.8. The van der Waals surface area contributed by atoms with Crippen molar-refractivity contribution in [2.24, 2.45) is 17.6 Å². The molecule has 0 radical (unpaired) electrons. The summed E-state index contributed by atoms with van der Waals surface area (Å²) in [6, 6.07) is 13.6. The Bertz CT molecular complexity index is 2180. The van der Waals surface area contributed by atoms with Gasteiger partial charge < -0.3 is 29.7 Å². The third-order valence-electron chi connectivity index (χ3n) is 10.2. The molecule has 2 unspecified atom stereocenters. The lowest BCUT2D eigenvalue weighted by Crippen LogP contribution is -2.41. The van der Waals surface area contributed by atoms with Gasteiger partial charge >= 0.3 is 0 Å². The van der Waals surface area contributed by atoms with E-state index in [-0.39, 0.29) is 18.0 Å². The Labute approximate surface area is 270 Å². The molecule has 6 heterocycles. The maximum Gasteiger partial charge on any atom is 0.254 e. The molecule has 2 bridgehead atoms. The van der Waals surface area contributed by atoms with Gasteiger partial charge in [-0.25, -0.2) is 14.6 Å². The summed E-state index contributed by atoms with van der Waals surface area (Å²) in [5, 5.41) is 17.6. The number of benzene rings is 1. The van der Waals surface area contributed by atoms with Crippen molar-refractivity contribution in [3.8, 4) is 23.0 Å². The average Bonchev–Trinajstić information content (AvgIpc) is 3.39. The topological polar surface area (TPSA) is 136 Å². The first-order chi connectivity index (χ1) is 22.9. The first kappa shape index (κ1) is 28.0. The molecule has 1 aromatic carbocycles. The number of pyridine rings is 2. The second kappa shape index (κ2) is 10.7. The summed E-state index contributed by atoms with van der Waals surface area (Å²) in [5.41, 5.74) is 12.0. The number of nitrogens with two attached hydrogens (primary N) is 1. The fourth-order valence-corrected chi connectivity index (χ4v) is 7.67. The predicted molar refractivity (Wildman–Crippen MR) is 175 cm³/mol. The van der Waals surface area contributed by atoms with Crippen LogP contribution in [0.5, 0.6) is 5.75 Å². The highest BCUT2D eigenvalue weighted by molar-refractivity contribution is 6.00. The van der Waals surface area contributed by atoms with E-state index in [0.29, 0.717) is 47.4 Å². The second-order valence-electron chi connectivity index (χ2n) is 13.2. The Balaban J connectivity index is 1.20. The monoisotopic (exact) mass is 629 g/mol. The lowest BCUT2D eigenvalue weighted by atomic mass is 10.1. The van der Waals surface area contributed by atoms with Crippen LogP contribution < -0.4 is 15.2 Å². The molecule has 12 heteroatoms. The molecule has 12 nitrogen and oxygen atoms in total. The third-order valence-corrected chi connectivity index (χ3v) is 10.2. The number of aromatic nitrogens is 7.